The maximum atomic E-state index is 12.8. The van der Waals surface area contributed by atoms with Gasteiger partial charge in [-0.3, -0.25) is 14.7 Å². The van der Waals surface area contributed by atoms with Gasteiger partial charge in [-0.2, -0.15) is 0 Å². The van der Waals surface area contributed by atoms with Gasteiger partial charge >= 0.3 is 0 Å². The predicted octanol–water partition coefficient (Wildman–Crippen LogP) is 3.08. The molecule has 0 spiro atoms. The molecule has 1 saturated carbocycles. The first-order valence-electron chi connectivity index (χ1n) is 9.14. The van der Waals surface area contributed by atoms with Crippen LogP contribution in [-0.4, -0.2) is 46.9 Å². The maximum Gasteiger partial charge on any atom is 0.227 e. The van der Waals surface area contributed by atoms with Gasteiger partial charge in [0.2, 0.25) is 5.91 Å². The standard InChI is InChI=1S/C19H29N3O/c1-21-13-6-2-3-7-14-22(15-16-9-4-5-12-20-16)18-11-8-10-17(18)19(21)23/h4-5,9,12,17-18H,2-3,6-8,10-11,13-15H2,1H3/t17-,18+/m1/s1. The fourth-order valence-corrected chi connectivity index (χ4v) is 4.14. The molecule has 0 radical (unpaired) electrons. The smallest absolute Gasteiger partial charge is 0.227 e. The van der Waals surface area contributed by atoms with Crippen molar-refractivity contribution in [1.29, 1.82) is 0 Å². The number of nitrogens with zero attached hydrogens (tertiary/aromatic N) is 3. The lowest BCUT2D eigenvalue weighted by Crippen LogP contribution is -2.44. The third-order valence-electron chi connectivity index (χ3n) is 5.42. The van der Waals surface area contributed by atoms with Gasteiger partial charge in [0.1, 0.15) is 0 Å². The van der Waals surface area contributed by atoms with E-state index in [1.54, 1.807) is 0 Å². The van der Waals surface area contributed by atoms with Gasteiger partial charge in [-0.1, -0.05) is 25.3 Å². The Labute approximate surface area is 139 Å². The van der Waals surface area contributed by atoms with E-state index in [9.17, 15) is 4.79 Å². The molecule has 1 amide bonds. The number of hydrogen-bond acceptors (Lipinski definition) is 3. The summed E-state index contributed by atoms with van der Waals surface area (Å²) < 4.78 is 0. The van der Waals surface area contributed by atoms with Crippen LogP contribution in [0.4, 0.5) is 0 Å². The lowest BCUT2D eigenvalue weighted by atomic mass is 9.99. The molecule has 126 valence electrons. The van der Waals surface area contributed by atoms with Crippen molar-refractivity contribution in [3.8, 4) is 0 Å². The van der Waals surface area contributed by atoms with E-state index in [4.69, 9.17) is 0 Å². The van der Waals surface area contributed by atoms with Crippen molar-refractivity contribution >= 4 is 5.91 Å². The summed E-state index contributed by atoms with van der Waals surface area (Å²) in [5, 5.41) is 0. The van der Waals surface area contributed by atoms with E-state index in [1.165, 1.54) is 25.7 Å². The third-order valence-corrected chi connectivity index (χ3v) is 5.42. The van der Waals surface area contributed by atoms with Gasteiger partial charge in [-0.15, -0.1) is 0 Å². The normalized spacial score (nSPS) is 27.5. The van der Waals surface area contributed by atoms with Gasteiger partial charge in [0.05, 0.1) is 11.6 Å². The Bertz CT molecular complexity index is 505. The van der Waals surface area contributed by atoms with Crippen LogP contribution in [0.1, 0.15) is 50.6 Å². The van der Waals surface area contributed by atoms with Crippen LogP contribution in [0.2, 0.25) is 0 Å². The van der Waals surface area contributed by atoms with Crippen molar-refractivity contribution in [2.75, 3.05) is 20.1 Å². The van der Waals surface area contributed by atoms with E-state index in [1.807, 2.05) is 24.2 Å². The number of fused-ring (bicyclic) bond motifs is 1. The van der Waals surface area contributed by atoms with Crippen LogP contribution in [-0.2, 0) is 11.3 Å². The summed E-state index contributed by atoms with van der Waals surface area (Å²) in [5.74, 6) is 0.544. The molecular formula is C19H29N3O. The van der Waals surface area contributed by atoms with Crippen molar-refractivity contribution < 1.29 is 4.79 Å². The molecule has 4 nitrogen and oxygen atoms in total. The molecule has 2 fully saturated rings. The Morgan fingerprint density at radius 3 is 2.70 bits per heavy atom. The highest BCUT2D eigenvalue weighted by molar-refractivity contribution is 5.79. The minimum atomic E-state index is 0.182. The summed E-state index contributed by atoms with van der Waals surface area (Å²) in [6, 6.07) is 6.51. The molecule has 1 aliphatic heterocycles. The van der Waals surface area contributed by atoms with E-state index in [0.29, 0.717) is 11.9 Å². The number of carbonyl (C=O) groups is 1. The molecule has 1 aliphatic carbocycles. The molecule has 1 saturated heterocycles. The monoisotopic (exact) mass is 315 g/mol. The molecule has 0 unspecified atom stereocenters. The van der Waals surface area contributed by atoms with Crippen LogP contribution in [0.3, 0.4) is 0 Å². The molecule has 1 aromatic rings. The molecule has 3 rings (SSSR count). The molecular weight excluding hydrogens is 286 g/mol. The van der Waals surface area contributed by atoms with Crippen LogP contribution < -0.4 is 0 Å². The van der Waals surface area contributed by atoms with Crippen LogP contribution in [0.5, 0.6) is 0 Å². The largest absolute Gasteiger partial charge is 0.345 e. The SMILES string of the molecule is CN1CCCCCCN(Cc2ccccn2)[C@H]2CCC[C@H]2C1=O. The summed E-state index contributed by atoms with van der Waals surface area (Å²) in [6.07, 6.45) is 10.1. The van der Waals surface area contributed by atoms with Crippen LogP contribution in [0.25, 0.3) is 0 Å². The zero-order valence-electron chi connectivity index (χ0n) is 14.3. The lowest BCUT2D eigenvalue weighted by Gasteiger charge is -2.33. The Hall–Kier alpha value is -1.42. The number of aromatic nitrogens is 1. The Kier molecular flexibility index (Phi) is 5.65. The average Bonchev–Trinajstić information content (AvgIpc) is 3.05. The van der Waals surface area contributed by atoms with E-state index in [2.05, 4.69) is 22.0 Å². The fraction of sp³-hybridized carbons (Fsp3) is 0.684. The second kappa shape index (κ2) is 7.91. The summed E-state index contributed by atoms with van der Waals surface area (Å²) in [7, 11) is 1.98. The third kappa shape index (κ3) is 4.11. The molecule has 2 aliphatic rings. The molecule has 2 heterocycles. The number of hydrogen-bond donors (Lipinski definition) is 0. The first-order chi connectivity index (χ1) is 11.3. The minimum absolute atomic E-state index is 0.182. The van der Waals surface area contributed by atoms with Gasteiger partial charge in [0, 0.05) is 32.4 Å². The van der Waals surface area contributed by atoms with Gasteiger partial charge < -0.3 is 4.90 Å². The summed E-state index contributed by atoms with van der Waals surface area (Å²) >= 11 is 0. The highest BCUT2D eigenvalue weighted by Crippen LogP contribution is 2.33. The van der Waals surface area contributed by atoms with Gasteiger partial charge in [0.15, 0.2) is 0 Å². The Morgan fingerprint density at radius 2 is 1.91 bits per heavy atom. The van der Waals surface area contributed by atoms with Crippen LogP contribution >= 0.6 is 0 Å². The van der Waals surface area contributed by atoms with Crippen molar-refractivity contribution in [3.63, 3.8) is 0 Å². The number of pyridine rings is 1. The second-order valence-electron chi connectivity index (χ2n) is 7.07. The van der Waals surface area contributed by atoms with Gasteiger partial charge in [-0.05, 0) is 44.4 Å². The predicted molar refractivity (Wildman–Crippen MR) is 91.9 cm³/mol. The van der Waals surface area contributed by atoms with Crippen molar-refractivity contribution in [2.24, 2.45) is 5.92 Å². The number of carbonyl (C=O) groups excluding carboxylic acids is 1. The quantitative estimate of drug-likeness (QED) is 0.841. The Balaban J connectivity index is 1.78. The molecule has 4 heteroatoms. The molecule has 1 aromatic heterocycles. The van der Waals surface area contributed by atoms with E-state index >= 15 is 0 Å². The Morgan fingerprint density at radius 1 is 1.09 bits per heavy atom. The van der Waals surface area contributed by atoms with E-state index < -0.39 is 0 Å². The topological polar surface area (TPSA) is 36.4 Å². The summed E-state index contributed by atoms with van der Waals surface area (Å²) in [6.45, 7) is 2.88. The van der Waals surface area contributed by atoms with Crippen molar-refractivity contribution in [2.45, 2.75) is 57.5 Å². The van der Waals surface area contributed by atoms with Gasteiger partial charge in [0.25, 0.3) is 0 Å². The summed E-state index contributed by atoms with van der Waals surface area (Å²) in [4.78, 5) is 21.9. The number of amides is 1. The first-order valence-corrected chi connectivity index (χ1v) is 9.14. The molecule has 2 atom stereocenters. The first kappa shape index (κ1) is 16.4. The van der Waals surface area contributed by atoms with Crippen LogP contribution in [0, 0.1) is 5.92 Å². The summed E-state index contributed by atoms with van der Waals surface area (Å²) in [5.41, 5.74) is 1.12. The van der Waals surface area contributed by atoms with Crippen molar-refractivity contribution in [1.82, 2.24) is 14.8 Å². The lowest BCUT2D eigenvalue weighted by molar-refractivity contribution is -0.136. The fourth-order valence-electron chi connectivity index (χ4n) is 4.14. The second-order valence-corrected chi connectivity index (χ2v) is 7.07. The molecule has 23 heavy (non-hydrogen) atoms. The van der Waals surface area contributed by atoms with E-state index in [-0.39, 0.29) is 5.92 Å². The number of rotatable bonds is 2. The molecule has 0 bridgehead atoms. The van der Waals surface area contributed by atoms with Crippen LogP contribution in [0.15, 0.2) is 24.4 Å². The highest BCUT2D eigenvalue weighted by atomic mass is 16.2. The minimum Gasteiger partial charge on any atom is -0.345 e. The molecule has 0 aromatic carbocycles. The average molecular weight is 315 g/mol. The van der Waals surface area contributed by atoms with Crippen molar-refractivity contribution in [3.05, 3.63) is 30.1 Å². The zero-order chi connectivity index (χ0) is 16.1. The zero-order valence-corrected chi connectivity index (χ0v) is 14.3. The van der Waals surface area contributed by atoms with E-state index in [0.717, 1.165) is 44.6 Å². The highest BCUT2D eigenvalue weighted by Gasteiger charge is 2.38. The maximum absolute atomic E-state index is 12.8. The van der Waals surface area contributed by atoms with Gasteiger partial charge in [-0.25, -0.2) is 0 Å². The molecule has 0 N–H and O–H groups in total.